The maximum absolute atomic E-state index is 13.0. The van der Waals surface area contributed by atoms with Crippen LogP contribution in [0.2, 0.25) is 5.02 Å². The molecule has 2 N–H and O–H groups in total. The van der Waals surface area contributed by atoms with Crippen LogP contribution in [-0.2, 0) is 4.79 Å². The Morgan fingerprint density at radius 1 is 1.38 bits per heavy atom. The Morgan fingerprint density at radius 3 is 2.48 bits per heavy atom. The van der Waals surface area contributed by atoms with E-state index in [0.29, 0.717) is 6.42 Å². The molecule has 21 heavy (non-hydrogen) atoms. The van der Waals surface area contributed by atoms with Gasteiger partial charge < -0.3 is 10.4 Å². The van der Waals surface area contributed by atoms with E-state index in [-0.39, 0.29) is 22.5 Å². The van der Waals surface area contributed by atoms with E-state index in [2.05, 4.69) is 5.32 Å². The van der Waals surface area contributed by atoms with Gasteiger partial charge >= 0.3 is 5.97 Å². The normalized spacial score (nSPS) is 12.8. The minimum atomic E-state index is -0.956. The van der Waals surface area contributed by atoms with Crippen LogP contribution in [0.5, 0.6) is 0 Å². The number of nitrogens with one attached hydrogen (secondary N) is 1. The number of hydrogen-bond donors (Lipinski definition) is 2. The Balaban J connectivity index is 2.69. The summed E-state index contributed by atoms with van der Waals surface area (Å²) in [5, 5.41) is 11.6. The molecule has 0 aliphatic carbocycles. The Labute approximate surface area is 128 Å². The smallest absolute Gasteiger partial charge is 0.308 e. The average molecular weight is 316 g/mol. The number of benzene rings is 1. The van der Waals surface area contributed by atoms with Gasteiger partial charge in [0.15, 0.2) is 0 Å². The molecule has 1 rings (SSSR count). The Morgan fingerprint density at radius 2 is 2.00 bits per heavy atom. The fourth-order valence-electron chi connectivity index (χ4n) is 1.94. The van der Waals surface area contributed by atoms with Gasteiger partial charge in [0.1, 0.15) is 5.82 Å². The third-order valence-electron chi connectivity index (χ3n) is 2.90. The molecule has 4 nitrogen and oxygen atoms in total. The van der Waals surface area contributed by atoms with Crippen LogP contribution in [0.4, 0.5) is 4.39 Å². The van der Waals surface area contributed by atoms with Crippen molar-refractivity contribution in [2.45, 2.75) is 27.2 Å². The number of carboxylic acid groups (broad SMARTS) is 1. The molecule has 0 fully saturated rings. The highest BCUT2D eigenvalue weighted by Crippen LogP contribution is 2.24. The van der Waals surface area contributed by atoms with Gasteiger partial charge in [0.2, 0.25) is 0 Å². The van der Waals surface area contributed by atoms with Crippen molar-refractivity contribution in [1.29, 1.82) is 0 Å². The number of rotatable bonds is 5. The Kier molecular flexibility index (Phi) is 5.72. The first-order chi connectivity index (χ1) is 9.60. The number of halogens is 2. The van der Waals surface area contributed by atoms with Crippen molar-refractivity contribution in [3.63, 3.8) is 0 Å². The molecular weight excluding hydrogens is 297 g/mol. The molecule has 0 saturated carbocycles. The SMILES string of the molecule is CC(C)(C)CC(CNC(=O)c1ccc(F)c(Cl)c1)C(=O)O. The van der Waals surface area contributed by atoms with E-state index < -0.39 is 23.6 Å². The molecule has 0 aliphatic heterocycles. The summed E-state index contributed by atoms with van der Waals surface area (Å²) in [6.45, 7) is 5.82. The first-order valence-corrected chi connectivity index (χ1v) is 6.94. The molecule has 1 amide bonds. The second-order valence-corrected chi connectivity index (χ2v) is 6.55. The highest BCUT2D eigenvalue weighted by atomic mass is 35.5. The van der Waals surface area contributed by atoms with E-state index >= 15 is 0 Å². The van der Waals surface area contributed by atoms with Gasteiger partial charge in [-0.1, -0.05) is 32.4 Å². The molecule has 0 radical (unpaired) electrons. The van der Waals surface area contributed by atoms with E-state index in [1.54, 1.807) is 0 Å². The number of amides is 1. The predicted octanol–water partition coefficient (Wildman–Crippen LogP) is 3.35. The number of carbonyl (C=O) groups excluding carboxylic acids is 1. The third-order valence-corrected chi connectivity index (χ3v) is 3.19. The van der Waals surface area contributed by atoms with Gasteiger partial charge in [0.05, 0.1) is 10.9 Å². The van der Waals surface area contributed by atoms with Crippen molar-refractivity contribution < 1.29 is 19.1 Å². The van der Waals surface area contributed by atoms with Crippen molar-refractivity contribution in [3.05, 3.63) is 34.6 Å². The molecule has 1 aromatic rings. The van der Waals surface area contributed by atoms with Gasteiger partial charge in [-0.2, -0.15) is 0 Å². The Hall–Kier alpha value is -1.62. The topological polar surface area (TPSA) is 66.4 Å². The van der Waals surface area contributed by atoms with Crippen LogP contribution in [-0.4, -0.2) is 23.5 Å². The maximum Gasteiger partial charge on any atom is 0.308 e. The molecule has 0 bridgehead atoms. The van der Waals surface area contributed by atoms with E-state index in [1.807, 2.05) is 20.8 Å². The molecule has 0 heterocycles. The van der Waals surface area contributed by atoms with Crippen LogP contribution in [0, 0.1) is 17.2 Å². The largest absolute Gasteiger partial charge is 0.481 e. The molecule has 0 aromatic heterocycles. The van der Waals surface area contributed by atoms with Gasteiger partial charge in [-0.3, -0.25) is 9.59 Å². The van der Waals surface area contributed by atoms with Crippen molar-refractivity contribution in [3.8, 4) is 0 Å². The van der Waals surface area contributed by atoms with Gasteiger partial charge in [-0.05, 0) is 30.0 Å². The highest BCUT2D eigenvalue weighted by molar-refractivity contribution is 6.31. The molecule has 116 valence electrons. The zero-order valence-electron chi connectivity index (χ0n) is 12.2. The van der Waals surface area contributed by atoms with Crippen molar-refractivity contribution in [1.82, 2.24) is 5.32 Å². The predicted molar refractivity (Wildman–Crippen MR) is 78.9 cm³/mol. The van der Waals surface area contributed by atoms with Gasteiger partial charge in [0, 0.05) is 12.1 Å². The summed E-state index contributed by atoms with van der Waals surface area (Å²) in [5.74, 6) is -2.71. The number of carboxylic acids is 1. The average Bonchev–Trinajstić information content (AvgIpc) is 2.35. The van der Waals surface area contributed by atoms with Crippen LogP contribution < -0.4 is 5.32 Å². The van der Waals surface area contributed by atoms with Crippen LogP contribution >= 0.6 is 11.6 Å². The molecular formula is C15H19ClFNO3. The second-order valence-electron chi connectivity index (χ2n) is 6.14. The van der Waals surface area contributed by atoms with E-state index in [1.165, 1.54) is 12.1 Å². The number of aliphatic carboxylic acids is 1. The highest BCUT2D eigenvalue weighted by Gasteiger charge is 2.25. The van der Waals surface area contributed by atoms with Gasteiger partial charge in [-0.25, -0.2) is 4.39 Å². The quantitative estimate of drug-likeness (QED) is 0.875. The van der Waals surface area contributed by atoms with Crippen LogP contribution in [0.15, 0.2) is 18.2 Å². The zero-order chi connectivity index (χ0) is 16.2. The molecule has 0 aliphatic rings. The minimum absolute atomic E-state index is 0.0143. The lowest BCUT2D eigenvalue weighted by Crippen LogP contribution is -2.35. The Bertz CT molecular complexity index is 540. The van der Waals surface area contributed by atoms with E-state index in [4.69, 9.17) is 11.6 Å². The second kappa shape index (κ2) is 6.89. The van der Waals surface area contributed by atoms with Crippen molar-refractivity contribution in [2.75, 3.05) is 6.54 Å². The van der Waals surface area contributed by atoms with E-state index in [9.17, 15) is 19.1 Å². The standard InChI is InChI=1S/C15H19ClFNO3/c1-15(2,3)7-10(14(20)21)8-18-13(19)9-4-5-12(17)11(16)6-9/h4-6,10H,7-8H2,1-3H3,(H,18,19)(H,20,21). The van der Waals surface area contributed by atoms with Crippen LogP contribution in [0.1, 0.15) is 37.6 Å². The summed E-state index contributed by atoms with van der Waals surface area (Å²) >= 11 is 5.61. The van der Waals surface area contributed by atoms with Crippen LogP contribution in [0.25, 0.3) is 0 Å². The van der Waals surface area contributed by atoms with E-state index in [0.717, 1.165) is 6.07 Å². The summed E-state index contributed by atoms with van der Waals surface area (Å²) in [6, 6.07) is 3.61. The summed E-state index contributed by atoms with van der Waals surface area (Å²) in [7, 11) is 0. The van der Waals surface area contributed by atoms with Crippen molar-refractivity contribution >= 4 is 23.5 Å². The maximum atomic E-state index is 13.0. The van der Waals surface area contributed by atoms with Crippen molar-refractivity contribution in [2.24, 2.45) is 11.3 Å². The lowest BCUT2D eigenvalue weighted by atomic mass is 9.84. The lowest BCUT2D eigenvalue weighted by Gasteiger charge is -2.23. The molecule has 6 heteroatoms. The molecule has 1 atom stereocenters. The van der Waals surface area contributed by atoms with Crippen LogP contribution in [0.3, 0.4) is 0 Å². The third kappa shape index (κ3) is 5.71. The summed E-state index contributed by atoms with van der Waals surface area (Å²) in [6.07, 6.45) is 0.437. The molecule has 0 spiro atoms. The minimum Gasteiger partial charge on any atom is -0.481 e. The zero-order valence-corrected chi connectivity index (χ0v) is 13.0. The summed E-state index contributed by atoms with van der Waals surface area (Å²) < 4.78 is 13.0. The summed E-state index contributed by atoms with van der Waals surface area (Å²) in [4.78, 5) is 23.1. The van der Waals surface area contributed by atoms with Gasteiger partial charge in [0.25, 0.3) is 5.91 Å². The lowest BCUT2D eigenvalue weighted by molar-refractivity contribution is -0.142. The molecule has 1 unspecified atom stereocenters. The first kappa shape index (κ1) is 17.4. The molecule has 1 aromatic carbocycles. The summed E-state index contributed by atoms with van der Waals surface area (Å²) in [5.41, 5.74) is 0.0359. The molecule has 0 saturated heterocycles. The first-order valence-electron chi connectivity index (χ1n) is 6.56. The number of hydrogen-bond acceptors (Lipinski definition) is 2. The fraction of sp³-hybridized carbons (Fsp3) is 0.467. The number of carbonyl (C=O) groups is 2. The monoisotopic (exact) mass is 315 g/mol. The van der Waals surface area contributed by atoms with Gasteiger partial charge in [-0.15, -0.1) is 0 Å². The fourth-order valence-corrected chi connectivity index (χ4v) is 2.12.